The molecule has 0 atom stereocenters. The molecule has 74 valence electrons. The van der Waals surface area contributed by atoms with Crippen LogP contribution >= 0.6 is 0 Å². The zero-order valence-electron chi connectivity index (χ0n) is 8.54. The van der Waals surface area contributed by atoms with Crippen LogP contribution in [0, 0.1) is 5.92 Å². The topological polar surface area (TPSA) is 26.3 Å². The van der Waals surface area contributed by atoms with Gasteiger partial charge in [0, 0.05) is 0 Å². The van der Waals surface area contributed by atoms with E-state index in [4.69, 9.17) is 4.74 Å². The molecule has 14 heavy (non-hydrogen) atoms. The molecule has 0 unspecified atom stereocenters. The summed E-state index contributed by atoms with van der Waals surface area (Å²) in [6.07, 6.45) is 1.03. The van der Waals surface area contributed by atoms with Crippen LogP contribution in [0.15, 0.2) is 18.2 Å². The molecular formula is C12H14O2. The van der Waals surface area contributed by atoms with Gasteiger partial charge in [0.05, 0.1) is 5.56 Å². The fraction of sp³-hybridized carbons (Fsp3) is 0.417. The summed E-state index contributed by atoms with van der Waals surface area (Å²) in [7, 11) is 0. The van der Waals surface area contributed by atoms with Crippen molar-refractivity contribution in [2.75, 3.05) is 6.61 Å². The Morgan fingerprint density at radius 3 is 2.93 bits per heavy atom. The Hall–Kier alpha value is -1.31. The zero-order chi connectivity index (χ0) is 10.1. The van der Waals surface area contributed by atoms with Crippen molar-refractivity contribution in [2.45, 2.75) is 20.3 Å². The van der Waals surface area contributed by atoms with Gasteiger partial charge in [0.15, 0.2) is 6.61 Å². The summed E-state index contributed by atoms with van der Waals surface area (Å²) in [6, 6.07) is 5.88. The summed E-state index contributed by atoms with van der Waals surface area (Å²) < 4.78 is 5.28. The fourth-order valence-electron chi connectivity index (χ4n) is 1.74. The van der Waals surface area contributed by atoms with E-state index in [0.29, 0.717) is 5.92 Å². The highest BCUT2D eigenvalue weighted by atomic mass is 16.5. The van der Waals surface area contributed by atoms with Gasteiger partial charge in [0.25, 0.3) is 0 Å². The Labute approximate surface area is 83.9 Å². The van der Waals surface area contributed by atoms with Crippen molar-refractivity contribution < 1.29 is 9.53 Å². The largest absolute Gasteiger partial charge is 0.485 e. The first-order valence-electron chi connectivity index (χ1n) is 4.96. The lowest BCUT2D eigenvalue weighted by Crippen LogP contribution is -1.98. The van der Waals surface area contributed by atoms with Crippen LogP contribution < -0.4 is 4.74 Å². The first-order valence-corrected chi connectivity index (χ1v) is 4.96. The maximum Gasteiger partial charge on any atom is 0.203 e. The molecule has 2 rings (SSSR count). The Kier molecular flexibility index (Phi) is 2.28. The van der Waals surface area contributed by atoms with E-state index >= 15 is 0 Å². The summed E-state index contributed by atoms with van der Waals surface area (Å²) in [4.78, 5) is 11.3. The fourth-order valence-corrected chi connectivity index (χ4v) is 1.74. The molecule has 0 amide bonds. The van der Waals surface area contributed by atoms with Crippen molar-refractivity contribution in [3.8, 4) is 5.75 Å². The first-order chi connectivity index (χ1) is 6.66. The predicted octanol–water partition coefficient (Wildman–Crippen LogP) is 2.46. The molecule has 0 spiro atoms. The third kappa shape index (κ3) is 1.65. The summed E-state index contributed by atoms with van der Waals surface area (Å²) in [5.74, 6) is 1.48. The van der Waals surface area contributed by atoms with E-state index in [1.165, 1.54) is 5.56 Å². The molecular weight excluding hydrogens is 176 g/mol. The van der Waals surface area contributed by atoms with E-state index in [0.717, 1.165) is 17.7 Å². The third-order valence-corrected chi connectivity index (χ3v) is 2.35. The van der Waals surface area contributed by atoms with Crippen molar-refractivity contribution >= 4 is 5.78 Å². The van der Waals surface area contributed by atoms with Crippen molar-refractivity contribution in [2.24, 2.45) is 5.92 Å². The quantitative estimate of drug-likeness (QED) is 0.716. The van der Waals surface area contributed by atoms with Crippen LogP contribution in [0.4, 0.5) is 0 Å². The molecule has 0 aromatic heterocycles. The van der Waals surface area contributed by atoms with E-state index in [1.54, 1.807) is 0 Å². The number of fused-ring (bicyclic) bond motifs is 1. The van der Waals surface area contributed by atoms with E-state index in [2.05, 4.69) is 13.8 Å². The van der Waals surface area contributed by atoms with Crippen LogP contribution in [0.25, 0.3) is 0 Å². The summed E-state index contributed by atoms with van der Waals surface area (Å²) >= 11 is 0. The molecule has 0 aliphatic carbocycles. The van der Waals surface area contributed by atoms with Gasteiger partial charge in [-0.2, -0.15) is 0 Å². The standard InChI is InChI=1S/C12H14O2/c1-8(2)5-9-3-4-10-11(13)7-14-12(10)6-9/h3-4,6,8H,5,7H2,1-2H3. The molecule has 0 saturated heterocycles. The van der Waals surface area contributed by atoms with Gasteiger partial charge in [-0.05, 0) is 30.0 Å². The summed E-state index contributed by atoms with van der Waals surface area (Å²) in [5, 5.41) is 0. The Balaban J connectivity index is 2.28. The number of ether oxygens (including phenoxy) is 1. The minimum atomic E-state index is 0.0936. The first kappa shape index (κ1) is 9.25. The Morgan fingerprint density at radius 1 is 1.43 bits per heavy atom. The van der Waals surface area contributed by atoms with Crippen LogP contribution in [-0.4, -0.2) is 12.4 Å². The third-order valence-electron chi connectivity index (χ3n) is 2.35. The van der Waals surface area contributed by atoms with Gasteiger partial charge in [0.1, 0.15) is 5.75 Å². The van der Waals surface area contributed by atoms with Crippen LogP contribution in [0.3, 0.4) is 0 Å². The second-order valence-corrected chi connectivity index (χ2v) is 4.14. The summed E-state index contributed by atoms with van der Waals surface area (Å²) in [6.45, 7) is 4.57. The number of rotatable bonds is 2. The number of carbonyl (C=O) groups is 1. The van der Waals surface area contributed by atoms with Gasteiger partial charge in [-0.1, -0.05) is 19.9 Å². The van der Waals surface area contributed by atoms with Gasteiger partial charge in [-0.25, -0.2) is 0 Å². The number of hydrogen-bond acceptors (Lipinski definition) is 2. The lowest BCUT2D eigenvalue weighted by molar-refractivity contribution is 0.0961. The number of benzene rings is 1. The Bertz CT molecular complexity index is 367. The van der Waals surface area contributed by atoms with E-state index in [1.807, 2.05) is 18.2 Å². The van der Waals surface area contributed by atoms with Crippen molar-refractivity contribution in [3.05, 3.63) is 29.3 Å². The molecule has 0 fully saturated rings. The molecule has 1 aliphatic heterocycles. The zero-order valence-corrected chi connectivity index (χ0v) is 8.54. The number of ketones is 1. The van der Waals surface area contributed by atoms with Gasteiger partial charge in [0.2, 0.25) is 5.78 Å². The highest BCUT2D eigenvalue weighted by Crippen LogP contribution is 2.27. The maximum atomic E-state index is 11.3. The summed E-state index contributed by atoms with van der Waals surface area (Å²) in [5.41, 5.74) is 1.98. The van der Waals surface area contributed by atoms with Crippen molar-refractivity contribution in [1.29, 1.82) is 0 Å². The van der Waals surface area contributed by atoms with Gasteiger partial charge < -0.3 is 4.74 Å². The van der Waals surface area contributed by atoms with E-state index in [-0.39, 0.29) is 12.4 Å². The van der Waals surface area contributed by atoms with Crippen LogP contribution in [0.1, 0.15) is 29.8 Å². The number of Topliss-reactive ketones (excluding diaryl/α,β-unsaturated/α-hetero) is 1. The van der Waals surface area contributed by atoms with Crippen molar-refractivity contribution in [3.63, 3.8) is 0 Å². The molecule has 1 aliphatic rings. The molecule has 2 heteroatoms. The lowest BCUT2D eigenvalue weighted by atomic mass is 10.0. The van der Waals surface area contributed by atoms with Crippen LogP contribution in [-0.2, 0) is 6.42 Å². The molecule has 1 aromatic carbocycles. The van der Waals surface area contributed by atoms with Gasteiger partial charge >= 0.3 is 0 Å². The predicted molar refractivity (Wildman–Crippen MR) is 54.8 cm³/mol. The molecule has 0 saturated carbocycles. The minimum absolute atomic E-state index is 0.0936. The Morgan fingerprint density at radius 2 is 2.21 bits per heavy atom. The lowest BCUT2D eigenvalue weighted by Gasteiger charge is -2.05. The highest BCUT2D eigenvalue weighted by Gasteiger charge is 2.20. The SMILES string of the molecule is CC(C)Cc1ccc2c(c1)OCC2=O. The maximum absolute atomic E-state index is 11.3. The molecule has 1 heterocycles. The second-order valence-electron chi connectivity index (χ2n) is 4.14. The average molecular weight is 190 g/mol. The molecule has 0 radical (unpaired) electrons. The molecule has 0 N–H and O–H groups in total. The van der Waals surface area contributed by atoms with Crippen LogP contribution in [0.2, 0.25) is 0 Å². The molecule has 0 bridgehead atoms. The number of hydrogen-bond donors (Lipinski definition) is 0. The van der Waals surface area contributed by atoms with Gasteiger partial charge in [-0.3, -0.25) is 4.79 Å². The normalized spacial score (nSPS) is 14.4. The average Bonchev–Trinajstić information content (AvgIpc) is 2.46. The second kappa shape index (κ2) is 3.45. The van der Waals surface area contributed by atoms with Crippen molar-refractivity contribution in [1.82, 2.24) is 0 Å². The highest BCUT2D eigenvalue weighted by molar-refractivity contribution is 6.02. The number of carbonyl (C=O) groups excluding carboxylic acids is 1. The monoisotopic (exact) mass is 190 g/mol. The molecule has 2 nitrogen and oxygen atoms in total. The molecule has 1 aromatic rings. The van der Waals surface area contributed by atoms with Crippen LogP contribution in [0.5, 0.6) is 5.75 Å². The smallest absolute Gasteiger partial charge is 0.203 e. The minimum Gasteiger partial charge on any atom is -0.485 e. The van der Waals surface area contributed by atoms with Gasteiger partial charge in [-0.15, -0.1) is 0 Å². The van der Waals surface area contributed by atoms with E-state index in [9.17, 15) is 4.79 Å². The van der Waals surface area contributed by atoms with E-state index < -0.39 is 0 Å².